The van der Waals surface area contributed by atoms with Gasteiger partial charge in [-0.15, -0.1) is 0 Å². The Morgan fingerprint density at radius 3 is 2.50 bits per heavy atom. The van der Waals surface area contributed by atoms with Crippen LogP contribution in [0.15, 0.2) is 24.3 Å². The monoisotopic (exact) mass is 386 g/mol. The molecule has 1 heterocycles. The van der Waals surface area contributed by atoms with Crippen LogP contribution in [0.4, 0.5) is 5.69 Å². The van der Waals surface area contributed by atoms with Crippen LogP contribution in [0, 0.1) is 0 Å². The average molecular weight is 387 g/mol. The van der Waals surface area contributed by atoms with E-state index < -0.39 is 11.9 Å². The van der Waals surface area contributed by atoms with E-state index in [2.05, 4.69) is 45.1 Å². The number of rotatable bonds is 9. The van der Waals surface area contributed by atoms with Crippen LogP contribution in [0.25, 0.3) is 10.9 Å². The van der Waals surface area contributed by atoms with Crippen molar-refractivity contribution in [3.63, 3.8) is 0 Å². The van der Waals surface area contributed by atoms with E-state index in [1.54, 1.807) is 7.11 Å². The number of ether oxygens (including phenoxy) is 1. The Hall–Kier alpha value is -2.34. The van der Waals surface area contributed by atoms with E-state index in [0.29, 0.717) is 6.42 Å². The molecule has 0 saturated heterocycles. The highest BCUT2D eigenvalue weighted by molar-refractivity contribution is 5.92. The van der Waals surface area contributed by atoms with Crippen molar-refractivity contribution in [1.82, 2.24) is 4.98 Å². The van der Waals surface area contributed by atoms with Crippen LogP contribution in [0.1, 0.15) is 59.1 Å². The zero-order valence-corrected chi connectivity index (χ0v) is 17.7. The lowest BCUT2D eigenvalue weighted by Gasteiger charge is -2.21. The molecule has 0 aliphatic heterocycles. The fourth-order valence-corrected chi connectivity index (χ4v) is 3.15. The molecule has 28 heavy (non-hydrogen) atoms. The summed E-state index contributed by atoms with van der Waals surface area (Å²) < 4.78 is 5.46. The Morgan fingerprint density at radius 2 is 1.89 bits per heavy atom. The molecule has 0 bridgehead atoms. The number of fused-ring (bicyclic) bond motifs is 1. The molecule has 1 aromatic carbocycles. The highest BCUT2D eigenvalue weighted by atomic mass is 16.5. The van der Waals surface area contributed by atoms with Crippen molar-refractivity contribution in [2.24, 2.45) is 11.5 Å². The van der Waals surface area contributed by atoms with Gasteiger partial charge in [-0.1, -0.05) is 39.7 Å². The minimum atomic E-state index is -0.550. The molecule has 0 aliphatic carbocycles. The van der Waals surface area contributed by atoms with Crippen LogP contribution in [0.5, 0.6) is 5.75 Å². The third-order valence-electron chi connectivity index (χ3n) is 4.94. The van der Waals surface area contributed by atoms with Crippen molar-refractivity contribution in [1.29, 1.82) is 0 Å². The lowest BCUT2D eigenvalue weighted by molar-refractivity contribution is -0.119. The second-order valence-electron chi connectivity index (χ2n) is 8.53. The molecule has 1 amide bonds. The van der Waals surface area contributed by atoms with Crippen molar-refractivity contribution in [3.8, 4) is 5.75 Å². The predicted octanol–water partition coefficient (Wildman–Crippen LogP) is 3.71. The molecule has 0 saturated carbocycles. The van der Waals surface area contributed by atoms with Gasteiger partial charge in [0, 0.05) is 28.6 Å². The number of unbranched alkanes of at least 4 members (excludes halogenated alkanes) is 1. The maximum atomic E-state index is 11.0. The van der Waals surface area contributed by atoms with Crippen molar-refractivity contribution in [3.05, 3.63) is 30.0 Å². The lowest BCUT2D eigenvalue weighted by Crippen LogP contribution is -2.36. The van der Waals surface area contributed by atoms with Crippen molar-refractivity contribution in [2.75, 3.05) is 12.4 Å². The molecule has 6 heteroatoms. The van der Waals surface area contributed by atoms with E-state index in [9.17, 15) is 4.79 Å². The van der Waals surface area contributed by atoms with Gasteiger partial charge in [-0.2, -0.15) is 0 Å². The topological polar surface area (TPSA) is 103 Å². The third kappa shape index (κ3) is 5.83. The summed E-state index contributed by atoms with van der Waals surface area (Å²) in [5, 5.41) is 4.63. The lowest BCUT2D eigenvalue weighted by atomic mass is 9.91. The quantitative estimate of drug-likeness (QED) is 0.570. The van der Waals surface area contributed by atoms with Crippen LogP contribution in [0.2, 0.25) is 0 Å². The Labute approximate surface area is 168 Å². The molecule has 1 unspecified atom stereocenters. The molecular formula is C22H34N4O2. The van der Waals surface area contributed by atoms with E-state index in [0.717, 1.165) is 47.3 Å². The van der Waals surface area contributed by atoms with Gasteiger partial charge in [0.25, 0.3) is 0 Å². The number of anilines is 1. The molecule has 1 aromatic heterocycles. The Kier molecular flexibility index (Phi) is 7.24. The Balaban J connectivity index is 2.14. The van der Waals surface area contributed by atoms with Gasteiger partial charge in [-0.05, 0) is 31.9 Å². The summed E-state index contributed by atoms with van der Waals surface area (Å²) in [5.74, 6) is 0.370. The van der Waals surface area contributed by atoms with Crippen LogP contribution >= 0.6 is 0 Å². The number of nitrogens with one attached hydrogen (secondary N) is 1. The summed E-state index contributed by atoms with van der Waals surface area (Å²) >= 11 is 0. The van der Waals surface area contributed by atoms with E-state index in [-0.39, 0.29) is 11.5 Å². The van der Waals surface area contributed by atoms with Crippen LogP contribution < -0.4 is 21.5 Å². The number of carbonyl (C=O) groups is 1. The van der Waals surface area contributed by atoms with Crippen molar-refractivity contribution in [2.45, 2.75) is 70.9 Å². The summed E-state index contributed by atoms with van der Waals surface area (Å²) in [6.45, 7) is 8.64. The summed E-state index contributed by atoms with van der Waals surface area (Å²) in [6.07, 6.45) is 3.43. The average Bonchev–Trinajstić information content (AvgIpc) is 2.63. The summed E-state index contributed by atoms with van der Waals surface area (Å²) in [5.41, 5.74) is 13.9. The number of pyridine rings is 1. The molecule has 5 N–H and O–H groups in total. The number of carbonyl (C=O) groups excluding carboxylic acids is 1. The second kappa shape index (κ2) is 9.24. The SMILES string of the molecule is COc1cc(NC(C)CCCC[C@H](N)C(N)=O)c2nc(C(C)(C)C)ccc2c1. The summed E-state index contributed by atoms with van der Waals surface area (Å²) in [4.78, 5) is 15.9. The van der Waals surface area contributed by atoms with Gasteiger partial charge in [0.05, 0.1) is 24.4 Å². The first-order chi connectivity index (χ1) is 13.1. The minimum Gasteiger partial charge on any atom is -0.497 e. The van der Waals surface area contributed by atoms with Gasteiger partial charge >= 0.3 is 0 Å². The smallest absolute Gasteiger partial charge is 0.234 e. The van der Waals surface area contributed by atoms with Gasteiger partial charge in [0.1, 0.15) is 5.75 Å². The van der Waals surface area contributed by atoms with Crippen molar-refractivity contribution >= 4 is 22.5 Å². The van der Waals surface area contributed by atoms with Crippen LogP contribution in [0.3, 0.4) is 0 Å². The molecule has 154 valence electrons. The van der Waals surface area contributed by atoms with Gasteiger partial charge in [0.2, 0.25) is 5.91 Å². The number of methoxy groups -OCH3 is 1. The van der Waals surface area contributed by atoms with Crippen LogP contribution in [-0.4, -0.2) is 30.1 Å². The highest BCUT2D eigenvalue weighted by Gasteiger charge is 2.17. The minimum absolute atomic E-state index is 0.0177. The number of benzene rings is 1. The highest BCUT2D eigenvalue weighted by Crippen LogP contribution is 2.31. The molecule has 2 aromatic rings. The second-order valence-corrected chi connectivity index (χ2v) is 8.53. The first-order valence-corrected chi connectivity index (χ1v) is 9.92. The van der Waals surface area contributed by atoms with E-state index in [4.69, 9.17) is 21.2 Å². The number of nitrogens with two attached hydrogens (primary N) is 2. The summed E-state index contributed by atoms with van der Waals surface area (Å²) in [7, 11) is 1.67. The van der Waals surface area contributed by atoms with Crippen molar-refractivity contribution < 1.29 is 9.53 Å². The molecule has 0 radical (unpaired) electrons. The zero-order chi connectivity index (χ0) is 20.9. The standard InChI is InChI=1S/C22H34N4O2/c1-14(8-6-7-9-17(23)21(24)27)25-18-13-16(28-5)12-15-10-11-19(22(2,3)4)26-20(15)18/h10-14,17,25H,6-9,23H2,1-5H3,(H2,24,27)/t14?,17-/m0/s1. The van der Waals surface area contributed by atoms with Gasteiger partial charge in [-0.3, -0.25) is 9.78 Å². The van der Waals surface area contributed by atoms with Crippen LogP contribution in [-0.2, 0) is 10.2 Å². The van der Waals surface area contributed by atoms with E-state index in [1.807, 2.05) is 12.1 Å². The fraction of sp³-hybridized carbons (Fsp3) is 0.545. The van der Waals surface area contributed by atoms with Gasteiger partial charge in [-0.25, -0.2) is 0 Å². The molecule has 2 atom stereocenters. The number of amides is 1. The number of primary amides is 1. The molecule has 0 fully saturated rings. The maximum Gasteiger partial charge on any atom is 0.234 e. The Morgan fingerprint density at radius 1 is 1.21 bits per heavy atom. The first kappa shape index (κ1) is 22.0. The molecule has 0 spiro atoms. The molecule has 2 rings (SSSR count). The fourth-order valence-electron chi connectivity index (χ4n) is 3.15. The predicted molar refractivity (Wildman–Crippen MR) is 116 cm³/mol. The Bertz CT molecular complexity index is 814. The maximum absolute atomic E-state index is 11.0. The normalized spacial score (nSPS) is 13.9. The van der Waals surface area contributed by atoms with Gasteiger partial charge < -0.3 is 21.5 Å². The molecule has 6 nitrogen and oxygen atoms in total. The van der Waals surface area contributed by atoms with E-state index >= 15 is 0 Å². The summed E-state index contributed by atoms with van der Waals surface area (Å²) in [6, 6.07) is 7.89. The number of hydrogen-bond acceptors (Lipinski definition) is 5. The van der Waals surface area contributed by atoms with Gasteiger partial charge in [0.15, 0.2) is 0 Å². The first-order valence-electron chi connectivity index (χ1n) is 9.92. The van der Waals surface area contributed by atoms with E-state index in [1.165, 1.54) is 0 Å². The number of hydrogen-bond donors (Lipinski definition) is 3. The number of aromatic nitrogens is 1. The molecular weight excluding hydrogens is 352 g/mol. The number of nitrogens with zero attached hydrogens (tertiary/aromatic N) is 1. The third-order valence-corrected chi connectivity index (χ3v) is 4.94. The molecule has 0 aliphatic rings. The zero-order valence-electron chi connectivity index (χ0n) is 17.7. The largest absolute Gasteiger partial charge is 0.497 e.